The Morgan fingerprint density at radius 1 is 1.19 bits per heavy atom. The van der Waals surface area contributed by atoms with Crippen LogP contribution < -0.4 is 0 Å². The first kappa shape index (κ1) is 17.8. The molecule has 1 amide bonds. The zero-order valence-electron chi connectivity index (χ0n) is 16.2. The predicted octanol–water partition coefficient (Wildman–Crippen LogP) is 4.66. The zero-order chi connectivity index (χ0) is 18.8. The summed E-state index contributed by atoms with van der Waals surface area (Å²) in [6.07, 6.45) is 4.52. The van der Waals surface area contributed by atoms with E-state index in [4.69, 9.17) is 0 Å². The fourth-order valence-electron chi connectivity index (χ4n) is 4.23. The minimum Gasteiger partial charge on any atom is -0.342 e. The van der Waals surface area contributed by atoms with Crippen LogP contribution in [-0.2, 0) is 6.42 Å². The van der Waals surface area contributed by atoms with Crippen molar-refractivity contribution in [1.29, 1.82) is 0 Å². The van der Waals surface area contributed by atoms with Gasteiger partial charge in [-0.1, -0.05) is 30.3 Å². The molecule has 1 N–H and O–H groups in total. The van der Waals surface area contributed by atoms with Gasteiger partial charge in [-0.3, -0.25) is 4.79 Å². The van der Waals surface area contributed by atoms with Gasteiger partial charge in [0.1, 0.15) is 11.3 Å². The summed E-state index contributed by atoms with van der Waals surface area (Å²) < 4.78 is 0. The lowest BCUT2D eigenvalue weighted by molar-refractivity contribution is 0.0670. The normalized spacial score (nSPS) is 17.4. The number of aryl methyl sites for hydroxylation is 3. The maximum absolute atomic E-state index is 13.2. The molecule has 0 aliphatic carbocycles. The first-order chi connectivity index (χ1) is 13.1. The van der Waals surface area contributed by atoms with Crippen LogP contribution in [0.5, 0.6) is 0 Å². The highest BCUT2D eigenvalue weighted by Crippen LogP contribution is 2.25. The number of benzene rings is 2. The number of amides is 1. The number of nitrogens with one attached hydrogen (secondary N) is 1. The molecule has 0 unspecified atom stereocenters. The first-order valence-corrected chi connectivity index (χ1v) is 9.91. The molecule has 0 radical (unpaired) electrons. The predicted molar refractivity (Wildman–Crippen MR) is 109 cm³/mol. The van der Waals surface area contributed by atoms with Crippen LogP contribution in [0.4, 0.5) is 0 Å². The van der Waals surface area contributed by atoms with Crippen molar-refractivity contribution in [3.8, 4) is 0 Å². The number of para-hydroxylation sites is 1. The highest BCUT2D eigenvalue weighted by Gasteiger charge is 2.26. The molecule has 27 heavy (non-hydrogen) atoms. The molecule has 1 saturated heterocycles. The van der Waals surface area contributed by atoms with E-state index < -0.39 is 0 Å². The molecule has 1 aromatic heterocycles. The molecule has 1 aliphatic heterocycles. The summed E-state index contributed by atoms with van der Waals surface area (Å²) in [7, 11) is 0. The minimum atomic E-state index is 0.118. The van der Waals surface area contributed by atoms with Crippen molar-refractivity contribution in [2.45, 2.75) is 39.5 Å². The lowest BCUT2D eigenvalue weighted by Gasteiger charge is -2.33. The molecule has 0 saturated carbocycles. The molecule has 4 heteroatoms. The van der Waals surface area contributed by atoms with Crippen molar-refractivity contribution in [2.24, 2.45) is 5.92 Å². The molecule has 3 aromatic rings. The Morgan fingerprint density at radius 2 is 2.04 bits per heavy atom. The minimum absolute atomic E-state index is 0.118. The third kappa shape index (κ3) is 3.75. The molecule has 0 spiro atoms. The first-order valence-electron chi connectivity index (χ1n) is 9.91. The van der Waals surface area contributed by atoms with E-state index in [1.165, 1.54) is 17.5 Å². The van der Waals surface area contributed by atoms with Gasteiger partial charge in [0.2, 0.25) is 0 Å². The molecular weight excluding hydrogens is 334 g/mol. The Morgan fingerprint density at radius 3 is 2.89 bits per heavy atom. The number of likely N-dealkylation sites (tertiary alicyclic amines) is 1. The molecule has 4 rings (SSSR count). The molecule has 140 valence electrons. The Labute approximate surface area is 160 Å². The summed E-state index contributed by atoms with van der Waals surface area (Å²) in [4.78, 5) is 23.0. The van der Waals surface area contributed by atoms with E-state index in [-0.39, 0.29) is 5.91 Å². The average Bonchev–Trinajstić information content (AvgIpc) is 3.07. The Bertz CT molecular complexity index is 959. The quantitative estimate of drug-likeness (QED) is 0.734. The molecule has 4 nitrogen and oxygen atoms in total. The summed E-state index contributed by atoms with van der Waals surface area (Å²) in [6.45, 7) is 5.80. The van der Waals surface area contributed by atoms with Crippen molar-refractivity contribution in [1.82, 2.24) is 14.9 Å². The number of hydrogen-bond donors (Lipinski definition) is 1. The van der Waals surface area contributed by atoms with Crippen molar-refractivity contribution in [2.75, 3.05) is 13.1 Å². The van der Waals surface area contributed by atoms with Gasteiger partial charge in [0.05, 0.1) is 11.1 Å². The van der Waals surface area contributed by atoms with Gasteiger partial charge >= 0.3 is 0 Å². The van der Waals surface area contributed by atoms with Crippen molar-refractivity contribution in [3.63, 3.8) is 0 Å². The molecule has 1 atom stereocenters. The number of aromatic nitrogens is 2. The molecular formula is C23H27N3O. The number of imidazole rings is 1. The fraction of sp³-hybridized carbons (Fsp3) is 0.391. The second-order valence-corrected chi connectivity index (χ2v) is 7.75. The van der Waals surface area contributed by atoms with Crippen molar-refractivity contribution in [3.05, 3.63) is 65.0 Å². The van der Waals surface area contributed by atoms with Crippen LogP contribution in [0.2, 0.25) is 0 Å². The van der Waals surface area contributed by atoms with E-state index in [1.54, 1.807) is 0 Å². The van der Waals surface area contributed by atoms with Crippen molar-refractivity contribution < 1.29 is 4.79 Å². The second kappa shape index (κ2) is 7.55. The number of carbonyl (C=O) groups excluding carboxylic acids is 1. The largest absolute Gasteiger partial charge is 0.342 e. The topological polar surface area (TPSA) is 49.0 Å². The van der Waals surface area contributed by atoms with Gasteiger partial charge < -0.3 is 9.88 Å². The maximum Gasteiger partial charge on any atom is 0.256 e. The number of rotatable bonds is 4. The molecule has 1 fully saturated rings. The zero-order valence-corrected chi connectivity index (χ0v) is 16.2. The van der Waals surface area contributed by atoms with Gasteiger partial charge in [-0.25, -0.2) is 4.98 Å². The summed E-state index contributed by atoms with van der Waals surface area (Å²) in [5.41, 5.74) is 5.24. The van der Waals surface area contributed by atoms with Gasteiger partial charge in [0, 0.05) is 13.1 Å². The standard InChI is InChI=1S/C23H27N3O/c1-16-7-3-4-9-19(16)13-12-18-8-6-14-26(15-18)23(27)20-10-5-11-21-22(20)25-17(2)24-21/h3-5,7,9-11,18H,6,8,12-15H2,1-2H3,(H,24,25)/t18-/m0/s1. The van der Waals surface area contributed by atoms with Crippen LogP contribution >= 0.6 is 0 Å². The van der Waals surface area contributed by atoms with Gasteiger partial charge in [-0.05, 0) is 68.7 Å². The Kier molecular flexibility index (Phi) is 4.97. The van der Waals surface area contributed by atoms with Gasteiger partial charge in [0.25, 0.3) is 5.91 Å². The molecule has 2 heterocycles. The maximum atomic E-state index is 13.2. The number of nitrogens with zero attached hydrogens (tertiary/aromatic N) is 2. The summed E-state index contributed by atoms with van der Waals surface area (Å²) in [6, 6.07) is 14.4. The van der Waals surface area contributed by atoms with Crippen LogP contribution in [0.25, 0.3) is 11.0 Å². The summed E-state index contributed by atoms with van der Waals surface area (Å²) in [5, 5.41) is 0. The summed E-state index contributed by atoms with van der Waals surface area (Å²) >= 11 is 0. The van der Waals surface area contributed by atoms with E-state index in [2.05, 4.69) is 41.2 Å². The van der Waals surface area contributed by atoms with E-state index in [0.29, 0.717) is 5.92 Å². The molecule has 0 bridgehead atoms. The highest BCUT2D eigenvalue weighted by atomic mass is 16.2. The number of aromatic amines is 1. The lowest BCUT2D eigenvalue weighted by Crippen LogP contribution is -2.40. The molecule has 1 aliphatic rings. The molecule has 2 aromatic carbocycles. The average molecular weight is 361 g/mol. The van der Waals surface area contributed by atoms with Crippen LogP contribution in [0.15, 0.2) is 42.5 Å². The Hall–Kier alpha value is -2.62. The number of H-pyrrole nitrogens is 1. The van der Waals surface area contributed by atoms with Gasteiger partial charge in [0.15, 0.2) is 0 Å². The SMILES string of the molecule is Cc1nc2c(C(=O)N3CCC[C@@H](CCc4ccccc4C)C3)cccc2[nH]1. The van der Waals surface area contributed by atoms with Crippen LogP contribution in [-0.4, -0.2) is 33.9 Å². The van der Waals surface area contributed by atoms with E-state index in [0.717, 1.165) is 54.8 Å². The van der Waals surface area contributed by atoms with Crippen molar-refractivity contribution >= 4 is 16.9 Å². The van der Waals surface area contributed by atoms with Crippen LogP contribution in [0.3, 0.4) is 0 Å². The van der Waals surface area contributed by atoms with Gasteiger partial charge in [-0.2, -0.15) is 0 Å². The van der Waals surface area contributed by atoms with E-state index in [1.807, 2.05) is 30.0 Å². The number of hydrogen-bond acceptors (Lipinski definition) is 2. The van der Waals surface area contributed by atoms with Gasteiger partial charge in [-0.15, -0.1) is 0 Å². The fourth-order valence-corrected chi connectivity index (χ4v) is 4.23. The van der Waals surface area contributed by atoms with E-state index in [9.17, 15) is 4.79 Å². The monoisotopic (exact) mass is 361 g/mol. The summed E-state index contributed by atoms with van der Waals surface area (Å²) in [5.74, 6) is 1.54. The third-order valence-corrected chi connectivity index (χ3v) is 5.75. The van der Waals surface area contributed by atoms with Crippen LogP contribution in [0.1, 0.15) is 46.6 Å². The lowest BCUT2D eigenvalue weighted by atomic mass is 9.90. The van der Waals surface area contributed by atoms with E-state index >= 15 is 0 Å². The Balaban J connectivity index is 1.46. The van der Waals surface area contributed by atoms with Crippen LogP contribution in [0, 0.1) is 19.8 Å². The number of piperidine rings is 1. The highest BCUT2D eigenvalue weighted by molar-refractivity contribution is 6.04. The number of fused-ring (bicyclic) bond motifs is 1. The third-order valence-electron chi connectivity index (χ3n) is 5.75. The smallest absolute Gasteiger partial charge is 0.256 e. The second-order valence-electron chi connectivity index (χ2n) is 7.75. The number of carbonyl (C=O) groups is 1.